The summed E-state index contributed by atoms with van der Waals surface area (Å²) in [5.41, 5.74) is 4.53. The van der Waals surface area contributed by atoms with E-state index in [1.54, 1.807) is 36.7 Å². The number of allylic oxidation sites excluding steroid dienone is 3. The van der Waals surface area contributed by atoms with Crippen molar-refractivity contribution >= 4 is 34.9 Å². The summed E-state index contributed by atoms with van der Waals surface area (Å²) in [6.07, 6.45) is 6.61. The summed E-state index contributed by atoms with van der Waals surface area (Å²) in [5, 5.41) is 19.8. The molecular weight excluding hydrogens is 536 g/mol. The average molecular weight is 581 g/mol. The molecule has 0 aromatic heterocycles. The van der Waals surface area contributed by atoms with Gasteiger partial charge < -0.3 is 10.2 Å². The Balaban J connectivity index is 0.000000420. The molecule has 1 atom stereocenters. The van der Waals surface area contributed by atoms with Crippen LogP contribution in [-0.4, -0.2) is 48.0 Å². The molecule has 2 aromatic rings. The molecule has 2 aromatic carbocycles. The van der Waals surface area contributed by atoms with E-state index >= 15 is 0 Å². The quantitative estimate of drug-likeness (QED) is 0.0766. The standard InChI is InChI=1S/C16H24N2O3.C16H20N2O3/c1-15(2,10-13(19)18-21)11-16(3,4)14(20)17-12-8-6-5-7-9-12;1-12(6-4-5-7-15(19)17-21)16(20)13-8-10-14(11-9-13)18(2)3/h5-9,21H,10-11H2,1-4H3,(H,17,20)(H,18,19);4-12,21H,1-3H3,(H,17,19)/b;6-4+,7-5+/t;12-/m.1/s1. The van der Waals surface area contributed by atoms with E-state index in [1.165, 1.54) is 17.6 Å². The molecule has 0 saturated heterocycles. The molecule has 0 heterocycles. The van der Waals surface area contributed by atoms with Crippen LogP contribution < -0.4 is 21.2 Å². The number of nitrogens with one attached hydrogen (secondary N) is 3. The Morgan fingerprint density at radius 3 is 2.00 bits per heavy atom. The number of nitrogens with zero attached hydrogens (tertiary/aromatic N) is 1. The van der Waals surface area contributed by atoms with Crippen LogP contribution >= 0.6 is 0 Å². The second kappa shape index (κ2) is 16.9. The Bertz CT molecular complexity index is 1240. The zero-order chi connectivity index (χ0) is 31.9. The number of anilines is 2. The summed E-state index contributed by atoms with van der Waals surface area (Å²) in [7, 11) is 3.88. The van der Waals surface area contributed by atoms with Gasteiger partial charge in [-0.05, 0) is 48.2 Å². The zero-order valence-corrected chi connectivity index (χ0v) is 25.5. The molecule has 10 heteroatoms. The number of carbonyl (C=O) groups is 4. The summed E-state index contributed by atoms with van der Waals surface area (Å²) in [6, 6.07) is 16.7. The number of ketones is 1. The normalized spacial score (nSPS) is 12.2. The predicted octanol–water partition coefficient (Wildman–Crippen LogP) is 5.15. The lowest BCUT2D eigenvalue weighted by atomic mass is 9.72. The Hall–Kier alpha value is -4.28. The third-order valence-corrected chi connectivity index (χ3v) is 6.28. The first-order chi connectivity index (χ1) is 19.6. The van der Waals surface area contributed by atoms with Crippen molar-refractivity contribution in [3.05, 3.63) is 84.5 Å². The van der Waals surface area contributed by atoms with E-state index in [9.17, 15) is 19.2 Å². The first kappa shape index (κ1) is 35.7. The molecule has 42 heavy (non-hydrogen) atoms. The largest absolute Gasteiger partial charge is 0.378 e. The summed E-state index contributed by atoms with van der Waals surface area (Å²) < 4.78 is 0. The second-order valence-electron chi connectivity index (χ2n) is 11.6. The fourth-order valence-electron chi connectivity index (χ4n) is 4.32. The van der Waals surface area contributed by atoms with Gasteiger partial charge >= 0.3 is 0 Å². The topological polar surface area (TPSA) is 148 Å². The highest BCUT2D eigenvalue weighted by molar-refractivity contribution is 5.99. The summed E-state index contributed by atoms with van der Waals surface area (Å²) in [5.74, 6) is -1.43. The lowest BCUT2D eigenvalue weighted by Crippen LogP contribution is -2.37. The minimum atomic E-state index is -0.630. The van der Waals surface area contributed by atoms with E-state index in [0.29, 0.717) is 12.0 Å². The van der Waals surface area contributed by atoms with E-state index in [1.807, 2.05) is 89.2 Å². The van der Waals surface area contributed by atoms with Crippen LogP contribution in [0.3, 0.4) is 0 Å². The van der Waals surface area contributed by atoms with Crippen LogP contribution in [0.4, 0.5) is 11.4 Å². The highest BCUT2D eigenvalue weighted by atomic mass is 16.5. The first-order valence-corrected chi connectivity index (χ1v) is 13.5. The van der Waals surface area contributed by atoms with Crippen molar-refractivity contribution in [2.45, 2.75) is 47.5 Å². The molecule has 0 aliphatic carbocycles. The number of hydroxylamine groups is 2. The van der Waals surface area contributed by atoms with Crippen LogP contribution in [-0.2, 0) is 14.4 Å². The minimum absolute atomic E-state index is 0.0107. The predicted molar refractivity (Wildman–Crippen MR) is 164 cm³/mol. The zero-order valence-electron chi connectivity index (χ0n) is 25.5. The molecule has 0 spiro atoms. The molecule has 0 bridgehead atoms. The molecule has 2 rings (SSSR count). The molecule has 228 valence electrons. The van der Waals surface area contributed by atoms with Gasteiger partial charge in [-0.3, -0.25) is 29.6 Å². The van der Waals surface area contributed by atoms with Gasteiger partial charge in [0.1, 0.15) is 0 Å². The molecule has 0 radical (unpaired) electrons. The lowest BCUT2D eigenvalue weighted by molar-refractivity contribution is -0.133. The smallest absolute Gasteiger partial charge is 0.267 e. The molecule has 3 amide bonds. The number of para-hydroxylation sites is 1. The van der Waals surface area contributed by atoms with Gasteiger partial charge in [0, 0.05) is 54.9 Å². The number of carbonyl (C=O) groups excluding carboxylic acids is 4. The van der Waals surface area contributed by atoms with E-state index in [2.05, 4.69) is 5.32 Å². The monoisotopic (exact) mass is 580 g/mol. The van der Waals surface area contributed by atoms with E-state index in [4.69, 9.17) is 10.4 Å². The van der Waals surface area contributed by atoms with Gasteiger partial charge in [-0.15, -0.1) is 0 Å². The van der Waals surface area contributed by atoms with Gasteiger partial charge in [0.05, 0.1) is 0 Å². The number of hydrogen-bond donors (Lipinski definition) is 5. The van der Waals surface area contributed by atoms with Gasteiger partial charge in [-0.2, -0.15) is 0 Å². The minimum Gasteiger partial charge on any atom is -0.378 e. The van der Waals surface area contributed by atoms with Crippen LogP contribution in [0, 0.1) is 16.7 Å². The second-order valence-corrected chi connectivity index (χ2v) is 11.6. The van der Waals surface area contributed by atoms with Crippen molar-refractivity contribution in [1.82, 2.24) is 11.0 Å². The Kier molecular flexibility index (Phi) is 14.3. The maximum absolute atomic E-state index is 12.4. The van der Waals surface area contributed by atoms with Crippen molar-refractivity contribution in [1.29, 1.82) is 0 Å². The Labute approximate surface area is 248 Å². The fraction of sp³-hybridized carbons (Fsp3) is 0.375. The lowest BCUT2D eigenvalue weighted by Gasteiger charge is -2.33. The van der Waals surface area contributed by atoms with Crippen LogP contribution in [0.5, 0.6) is 0 Å². The molecule has 10 nitrogen and oxygen atoms in total. The number of amides is 3. The third kappa shape index (κ3) is 12.9. The van der Waals surface area contributed by atoms with Crippen LogP contribution in [0.2, 0.25) is 0 Å². The number of hydrogen-bond acceptors (Lipinski definition) is 7. The van der Waals surface area contributed by atoms with Gasteiger partial charge in [0.15, 0.2) is 5.78 Å². The first-order valence-electron chi connectivity index (χ1n) is 13.5. The average Bonchev–Trinajstić information content (AvgIpc) is 2.94. The van der Waals surface area contributed by atoms with Crippen LogP contribution in [0.1, 0.15) is 57.8 Å². The highest BCUT2D eigenvalue weighted by Gasteiger charge is 2.35. The summed E-state index contributed by atoms with van der Waals surface area (Å²) in [6.45, 7) is 9.30. The maximum Gasteiger partial charge on any atom is 0.267 e. The number of benzene rings is 2. The molecule has 0 unspecified atom stereocenters. The van der Waals surface area contributed by atoms with Gasteiger partial charge in [0.25, 0.3) is 5.91 Å². The third-order valence-electron chi connectivity index (χ3n) is 6.28. The Morgan fingerprint density at radius 2 is 1.48 bits per heavy atom. The van der Waals surface area contributed by atoms with Gasteiger partial charge in [-0.1, -0.05) is 71.0 Å². The fourth-order valence-corrected chi connectivity index (χ4v) is 4.32. The summed E-state index contributed by atoms with van der Waals surface area (Å²) >= 11 is 0. The molecule has 5 N–H and O–H groups in total. The van der Waals surface area contributed by atoms with Gasteiger partial charge in [-0.25, -0.2) is 11.0 Å². The van der Waals surface area contributed by atoms with Crippen molar-refractivity contribution in [2.75, 3.05) is 24.3 Å². The highest BCUT2D eigenvalue weighted by Crippen LogP contribution is 2.37. The molecule has 0 aliphatic rings. The van der Waals surface area contributed by atoms with Crippen molar-refractivity contribution in [2.24, 2.45) is 16.7 Å². The van der Waals surface area contributed by atoms with Crippen molar-refractivity contribution < 1.29 is 29.6 Å². The number of Topliss-reactive ketones (excluding diaryl/α,β-unsaturated/α-hetero) is 1. The van der Waals surface area contributed by atoms with Crippen molar-refractivity contribution in [3.63, 3.8) is 0 Å². The van der Waals surface area contributed by atoms with E-state index in [-0.39, 0.29) is 24.0 Å². The van der Waals surface area contributed by atoms with E-state index < -0.39 is 22.6 Å². The molecule has 0 aliphatic heterocycles. The number of rotatable bonds is 12. The SMILES string of the molecule is CC(C)(CC(=O)NO)CC(C)(C)C(=O)Nc1ccccc1.C[C@H](/C=C/C=C/C(=O)NO)C(=O)c1ccc(N(C)C)cc1. The van der Waals surface area contributed by atoms with Crippen LogP contribution in [0.25, 0.3) is 0 Å². The molecule has 0 fully saturated rings. The maximum atomic E-state index is 12.4. The summed E-state index contributed by atoms with van der Waals surface area (Å²) in [4.78, 5) is 48.6. The van der Waals surface area contributed by atoms with Gasteiger partial charge in [0.2, 0.25) is 11.8 Å². The van der Waals surface area contributed by atoms with Crippen LogP contribution in [0.15, 0.2) is 78.9 Å². The van der Waals surface area contributed by atoms with E-state index in [0.717, 1.165) is 11.4 Å². The molecule has 0 saturated carbocycles. The van der Waals surface area contributed by atoms with Crippen molar-refractivity contribution in [3.8, 4) is 0 Å². The Morgan fingerprint density at radius 1 is 0.881 bits per heavy atom. The molecular formula is C32H44N4O6.